The summed E-state index contributed by atoms with van der Waals surface area (Å²) in [4.78, 5) is 16.5. The van der Waals surface area contributed by atoms with Gasteiger partial charge in [0.2, 0.25) is 0 Å². The molecular weight excluding hydrogens is 468 g/mol. The Hall–Kier alpha value is -3.28. The molecule has 3 aromatic rings. The van der Waals surface area contributed by atoms with E-state index in [0.717, 1.165) is 32.4 Å². The molecular formula is C27H25F2N3O2S. The van der Waals surface area contributed by atoms with Gasteiger partial charge in [-0.25, -0.2) is 8.78 Å². The molecule has 0 radical (unpaired) electrons. The van der Waals surface area contributed by atoms with Gasteiger partial charge < -0.3 is 15.0 Å². The van der Waals surface area contributed by atoms with Crippen molar-refractivity contribution in [1.29, 1.82) is 5.26 Å². The molecule has 1 N–H and O–H groups in total. The van der Waals surface area contributed by atoms with Crippen LogP contribution < -0.4 is 10.1 Å². The quantitative estimate of drug-likeness (QED) is 0.525. The topological polar surface area (TPSA) is 65.4 Å². The molecule has 35 heavy (non-hydrogen) atoms. The Bertz CT molecular complexity index is 1310. The first-order chi connectivity index (χ1) is 16.9. The van der Waals surface area contributed by atoms with Crippen LogP contribution in [0.5, 0.6) is 5.75 Å². The molecule has 2 saturated heterocycles. The number of carbonyl (C=O) groups excluding carboxylic acids is 1. The summed E-state index contributed by atoms with van der Waals surface area (Å²) in [5.74, 6) is -1.10. The van der Waals surface area contributed by atoms with E-state index >= 15 is 0 Å². The maximum Gasteiger partial charge on any atom is 0.263 e. The van der Waals surface area contributed by atoms with E-state index < -0.39 is 11.6 Å². The lowest BCUT2D eigenvalue weighted by Crippen LogP contribution is -2.43. The minimum absolute atomic E-state index is 0.0547. The Kier molecular flexibility index (Phi) is 6.30. The number of thiophene rings is 1. The highest BCUT2D eigenvalue weighted by Crippen LogP contribution is 2.42. The van der Waals surface area contributed by atoms with Gasteiger partial charge in [-0.2, -0.15) is 5.26 Å². The minimum Gasteiger partial charge on any atom is -0.494 e. The molecule has 5 rings (SSSR count). The normalized spacial score (nSPS) is 16.9. The molecule has 2 fully saturated rings. The first-order valence-corrected chi connectivity index (χ1v) is 12.4. The summed E-state index contributed by atoms with van der Waals surface area (Å²) in [6.45, 7) is 3.44. The minimum atomic E-state index is -0.637. The Morgan fingerprint density at radius 1 is 1.09 bits per heavy atom. The van der Waals surface area contributed by atoms with Crippen molar-refractivity contribution in [3.63, 3.8) is 0 Å². The molecule has 3 heterocycles. The van der Waals surface area contributed by atoms with Crippen molar-refractivity contribution in [2.45, 2.75) is 19.3 Å². The molecule has 0 unspecified atom stereocenters. The predicted octanol–water partition coefficient (Wildman–Crippen LogP) is 5.46. The van der Waals surface area contributed by atoms with E-state index in [4.69, 9.17) is 10.00 Å². The summed E-state index contributed by atoms with van der Waals surface area (Å²) in [5.41, 5.74) is 1.96. The maximum atomic E-state index is 14.5. The van der Waals surface area contributed by atoms with Crippen LogP contribution in [0.4, 0.5) is 8.78 Å². The molecule has 2 aliphatic rings. The number of halogens is 2. The number of likely N-dealkylation sites (tertiary alicyclic amines) is 1. The smallest absolute Gasteiger partial charge is 0.263 e. The van der Waals surface area contributed by atoms with E-state index in [1.165, 1.54) is 42.7 Å². The molecule has 1 aromatic heterocycles. The van der Waals surface area contributed by atoms with Gasteiger partial charge in [0, 0.05) is 30.1 Å². The van der Waals surface area contributed by atoms with Crippen molar-refractivity contribution in [3.05, 3.63) is 64.5 Å². The standard InChI is InChI=1S/C27H25F2N3O2S/c1-34-23-5-4-18(13-22(23)29)25-20(17-2-3-19(15-30)21(28)12-17)14-24(35-25)26(33)32-10-7-27(8-11-32)6-9-31-16-27/h2-5,12-14,31H,6-11,16H2,1H3. The summed E-state index contributed by atoms with van der Waals surface area (Å²) in [6.07, 6.45) is 3.10. The number of ether oxygens (including phenoxy) is 1. The highest BCUT2D eigenvalue weighted by molar-refractivity contribution is 7.18. The summed E-state index contributed by atoms with van der Waals surface area (Å²) in [6, 6.07) is 12.6. The Morgan fingerprint density at radius 3 is 2.46 bits per heavy atom. The third-order valence-electron chi connectivity index (χ3n) is 7.20. The lowest BCUT2D eigenvalue weighted by atomic mass is 9.78. The zero-order chi connectivity index (χ0) is 24.6. The van der Waals surface area contributed by atoms with E-state index in [0.29, 0.717) is 44.9 Å². The number of piperidine rings is 1. The van der Waals surface area contributed by atoms with Gasteiger partial charge in [0.15, 0.2) is 11.6 Å². The molecule has 0 bridgehead atoms. The molecule has 2 aliphatic heterocycles. The van der Waals surface area contributed by atoms with Gasteiger partial charge in [0.1, 0.15) is 11.9 Å². The molecule has 2 aromatic carbocycles. The van der Waals surface area contributed by atoms with Crippen molar-refractivity contribution in [2.24, 2.45) is 5.41 Å². The molecule has 0 atom stereocenters. The molecule has 1 amide bonds. The lowest BCUT2D eigenvalue weighted by molar-refractivity contribution is 0.0612. The van der Waals surface area contributed by atoms with Crippen LogP contribution in [0.3, 0.4) is 0 Å². The number of benzene rings is 2. The zero-order valence-electron chi connectivity index (χ0n) is 19.4. The monoisotopic (exact) mass is 493 g/mol. The van der Waals surface area contributed by atoms with Gasteiger partial charge in [-0.1, -0.05) is 6.07 Å². The number of carbonyl (C=O) groups is 1. The van der Waals surface area contributed by atoms with Crippen LogP contribution in [-0.2, 0) is 0 Å². The van der Waals surface area contributed by atoms with Gasteiger partial charge in [0.25, 0.3) is 5.91 Å². The van der Waals surface area contributed by atoms with Crippen LogP contribution in [-0.4, -0.2) is 44.1 Å². The Balaban J connectivity index is 1.51. The number of hydrogen-bond donors (Lipinski definition) is 1. The summed E-state index contributed by atoms with van der Waals surface area (Å²) >= 11 is 1.27. The number of nitriles is 1. The lowest BCUT2D eigenvalue weighted by Gasteiger charge is -2.38. The highest BCUT2D eigenvalue weighted by atomic mass is 32.1. The predicted molar refractivity (Wildman–Crippen MR) is 131 cm³/mol. The fourth-order valence-corrected chi connectivity index (χ4v) is 6.21. The maximum absolute atomic E-state index is 14.5. The summed E-state index contributed by atoms with van der Waals surface area (Å²) < 4.78 is 34.0. The first-order valence-electron chi connectivity index (χ1n) is 11.6. The van der Waals surface area contributed by atoms with E-state index in [-0.39, 0.29) is 17.2 Å². The van der Waals surface area contributed by atoms with Gasteiger partial charge >= 0.3 is 0 Å². The number of amides is 1. The van der Waals surface area contributed by atoms with Gasteiger partial charge in [-0.15, -0.1) is 11.3 Å². The SMILES string of the molecule is COc1ccc(-c2sc(C(=O)N3CCC4(CCNC4)CC3)cc2-c2ccc(C#N)c(F)c2)cc1F. The first kappa shape index (κ1) is 23.5. The third-order valence-corrected chi connectivity index (χ3v) is 8.37. The van der Waals surface area contributed by atoms with Crippen molar-refractivity contribution >= 4 is 17.2 Å². The summed E-state index contributed by atoms with van der Waals surface area (Å²) in [5, 5.41) is 12.5. The largest absolute Gasteiger partial charge is 0.494 e. The van der Waals surface area contributed by atoms with Crippen LogP contribution >= 0.6 is 11.3 Å². The van der Waals surface area contributed by atoms with Crippen LogP contribution in [0.25, 0.3) is 21.6 Å². The molecule has 5 nitrogen and oxygen atoms in total. The number of rotatable bonds is 4. The van der Waals surface area contributed by atoms with Gasteiger partial charge in [-0.05, 0) is 78.7 Å². The van der Waals surface area contributed by atoms with E-state index in [1.807, 2.05) is 11.0 Å². The zero-order valence-corrected chi connectivity index (χ0v) is 20.2. The molecule has 8 heteroatoms. The van der Waals surface area contributed by atoms with Crippen LogP contribution in [0.1, 0.15) is 34.5 Å². The van der Waals surface area contributed by atoms with Crippen molar-refractivity contribution in [3.8, 4) is 33.4 Å². The highest BCUT2D eigenvalue weighted by Gasteiger charge is 2.38. The van der Waals surface area contributed by atoms with Crippen LogP contribution in [0.2, 0.25) is 0 Å². The second kappa shape index (κ2) is 9.40. The van der Waals surface area contributed by atoms with Gasteiger partial charge in [0.05, 0.1) is 17.6 Å². The second-order valence-electron chi connectivity index (χ2n) is 9.23. The number of methoxy groups -OCH3 is 1. The van der Waals surface area contributed by atoms with E-state index in [9.17, 15) is 13.6 Å². The van der Waals surface area contributed by atoms with Crippen molar-refractivity contribution in [1.82, 2.24) is 10.2 Å². The molecule has 1 spiro atoms. The Morgan fingerprint density at radius 2 is 1.83 bits per heavy atom. The average Bonchev–Trinajstić information content (AvgIpc) is 3.52. The fourth-order valence-electron chi connectivity index (χ4n) is 5.07. The number of hydrogen-bond acceptors (Lipinski definition) is 5. The van der Waals surface area contributed by atoms with Gasteiger partial charge in [-0.3, -0.25) is 4.79 Å². The van der Waals surface area contributed by atoms with Crippen LogP contribution in [0.15, 0.2) is 42.5 Å². The van der Waals surface area contributed by atoms with E-state index in [2.05, 4.69) is 5.32 Å². The Labute approximate surface area is 206 Å². The van der Waals surface area contributed by atoms with Crippen LogP contribution in [0, 0.1) is 28.4 Å². The fraction of sp³-hybridized carbons (Fsp3) is 0.333. The number of nitrogens with zero attached hydrogens (tertiary/aromatic N) is 2. The van der Waals surface area contributed by atoms with Crippen molar-refractivity contribution in [2.75, 3.05) is 33.3 Å². The van der Waals surface area contributed by atoms with E-state index in [1.54, 1.807) is 18.2 Å². The second-order valence-corrected chi connectivity index (χ2v) is 10.3. The number of nitrogens with one attached hydrogen (secondary N) is 1. The molecule has 0 aliphatic carbocycles. The third kappa shape index (κ3) is 4.42. The average molecular weight is 494 g/mol. The molecule has 180 valence electrons. The molecule has 0 saturated carbocycles. The summed E-state index contributed by atoms with van der Waals surface area (Å²) in [7, 11) is 1.40. The van der Waals surface area contributed by atoms with Crippen molar-refractivity contribution < 1.29 is 18.3 Å².